The van der Waals surface area contributed by atoms with Gasteiger partial charge < -0.3 is 5.73 Å². The predicted molar refractivity (Wildman–Crippen MR) is 80.8 cm³/mol. The molecule has 0 heterocycles. The molecule has 0 aliphatic carbocycles. The molecule has 2 aromatic carbocycles. The molecule has 0 saturated carbocycles. The average Bonchev–Trinajstić information content (AvgIpc) is 2.33. The summed E-state index contributed by atoms with van der Waals surface area (Å²) in [5.41, 5.74) is 6.27. The fourth-order valence-corrected chi connectivity index (χ4v) is 3.37. The Balaban J connectivity index is 2.36. The Labute approximate surface area is 124 Å². The lowest BCUT2D eigenvalue weighted by atomic mass is 10.3. The Morgan fingerprint density at radius 1 is 1.16 bits per heavy atom. The van der Waals surface area contributed by atoms with Crippen molar-refractivity contribution in [2.24, 2.45) is 0 Å². The van der Waals surface area contributed by atoms with Gasteiger partial charge in [0.05, 0.1) is 15.6 Å². The molecular formula is C12H10BrClN2O2S. The van der Waals surface area contributed by atoms with Gasteiger partial charge in [0.25, 0.3) is 10.0 Å². The third-order valence-corrected chi connectivity index (χ3v) is 4.51. The highest BCUT2D eigenvalue weighted by molar-refractivity contribution is 9.10. The Bertz CT molecular complexity index is 719. The zero-order valence-corrected chi connectivity index (χ0v) is 12.8. The first-order chi connectivity index (χ1) is 8.88. The molecule has 0 aliphatic heterocycles. The maximum atomic E-state index is 12.2. The van der Waals surface area contributed by atoms with Crippen molar-refractivity contribution in [1.29, 1.82) is 0 Å². The van der Waals surface area contributed by atoms with Crippen LogP contribution in [0, 0.1) is 0 Å². The molecule has 2 aromatic rings. The number of rotatable bonds is 3. The van der Waals surface area contributed by atoms with Crippen LogP contribution in [0.25, 0.3) is 0 Å². The lowest BCUT2D eigenvalue weighted by Gasteiger charge is -2.10. The largest absolute Gasteiger partial charge is 0.399 e. The molecule has 0 aromatic heterocycles. The van der Waals surface area contributed by atoms with E-state index in [4.69, 9.17) is 17.3 Å². The van der Waals surface area contributed by atoms with E-state index in [2.05, 4.69) is 20.7 Å². The Morgan fingerprint density at radius 2 is 1.89 bits per heavy atom. The van der Waals surface area contributed by atoms with Gasteiger partial charge in [-0.15, -0.1) is 0 Å². The molecule has 0 unspecified atom stereocenters. The maximum absolute atomic E-state index is 12.2. The second-order valence-electron chi connectivity index (χ2n) is 3.80. The number of nitrogen functional groups attached to an aromatic ring is 1. The minimum absolute atomic E-state index is 0.0893. The highest BCUT2D eigenvalue weighted by Gasteiger charge is 2.15. The van der Waals surface area contributed by atoms with Crippen LogP contribution in [0.1, 0.15) is 0 Å². The van der Waals surface area contributed by atoms with Crippen molar-refractivity contribution in [2.45, 2.75) is 4.90 Å². The Kier molecular flexibility index (Phi) is 4.03. The SMILES string of the molecule is Nc1cccc(S(=O)(=O)Nc2ccc(Br)cc2Cl)c1. The molecule has 7 heteroatoms. The van der Waals surface area contributed by atoms with Crippen LogP contribution in [-0.2, 0) is 10.0 Å². The third-order valence-electron chi connectivity index (χ3n) is 2.34. The van der Waals surface area contributed by atoms with Crippen molar-refractivity contribution in [2.75, 3.05) is 10.5 Å². The molecule has 0 radical (unpaired) electrons. The van der Waals surface area contributed by atoms with Gasteiger partial charge in [0.15, 0.2) is 0 Å². The number of nitrogens with two attached hydrogens (primary N) is 1. The van der Waals surface area contributed by atoms with E-state index < -0.39 is 10.0 Å². The summed E-state index contributed by atoms with van der Waals surface area (Å²) in [6.45, 7) is 0. The van der Waals surface area contributed by atoms with E-state index in [1.54, 1.807) is 30.3 Å². The van der Waals surface area contributed by atoms with Gasteiger partial charge >= 0.3 is 0 Å². The second-order valence-corrected chi connectivity index (χ2v) is 6.81. The van der Waals surface area contributed by atoms with E-state index in [1.165, 1.54) is 12.1 Å². The fraction of sp³-hybridized carbons (Fsp3) is 0. The molecule has 3 N–H and O–H groups in total. The smallest absolute Gasteiger partial charge is 0.262 e. The first-order valence-corrected chi connectivity index (χ1v) is 7.87. The molecule has 0 spiro atoms. The lowest BCUT2D eigenvalue weighted by molar-refractivity contribution is 0.601. The van der Waals surface area contributed by atoms with Gasteiger partial charge in [0.1, 0.15) is 0 Å². The molecule has 0 saturated heterocycles. The number of hydrogen-bond acceptors (Lipinski definition) is 3. The zero-order chi connectivity index (χ0) is 14.0. The summed E-state index contributed by atoms with van der Waals surface area (Å²) < 4.78 is 27.5. The van der Waals surface area contributed by atoms with Crippen LogP contribution >= 0.6 is 27.5 Å². The van der Waals surface area contributed by atoms with E-state index in [0.717, 1.165) is 4.47 Å². The van der Waals surface area contributed by atoms with Crippen LogP contribution in [-0.4, -0.2) is 8.42 Å². The fourth-order valence-electron chi connectivity index (χ4n) is 1.46. The van der Waals surface area contributed by atoms with Crippen LogP contribution in [0.4, 0.5) is 11.4 Å². The number of hydrogen-bond donors (Lipinski definition) is 2. The van der Waals surface area contributed by atoms with Crippen LogP contribution in [0.3, 0.4) is 0 Å². The van der Waals surface area contributed by atoms with Gasteiger partial charge in [-0.25, -0.2) is 8.42 Å². The summed E-state index contributed by atoms with van der Waals surface area (Å²) in [7, 11) is -3.70. The molecule has 0 amide bonds. The molecule has 19 heavy (non-hydrogen) atoms. The molecule has 0 aliphatic rings. The normalized spacial score (nSPS) is 11.3. The van der Waals surface area contributed by atoms with E-state index in [9.17, 15) is 8.42 Å². The van der Waals surface area contributed by atoms with Gasteiger partial charge in [0, 0.05) is 10.2 Å². The molecule has 0 bridgehead atoms. The van der Waals surface area contributed by atoms with Crippen LogP contribution in [0.15, 0.2) is 51.8 Å². The maximum Gasteiger partial charge on any atom is 0.262 e. The summed E-state index contributed by atoms with van der Waals surface area (Å²) in [6.07, 6.45) is 0. The summed E-state index contributed by atoms with van der Waals surface area (Å²) >= 11 is 9.22. The lowest BCUT2D eigenvalue weighted by Crippen LogP contribution is -2.13. The van der Waals surface area contributed by atoms with Crippen molar-refractivity contribution in [3.8, 4) is 0 Å². The minimum atomic E-state index is -3.70. The average molecular weight is 362 g/mol. The van der Waals surface area contributed by atoms with Crippen molar-refractivity contribution in [3.63, 3.8) is 0 Å². The molecule has 4 nitrogen and oxygen atoms in total. The van der Waals surface area contributed by atoms with E-state index >= 15 is 0 Å². The molecule has 0 atom stereocenters. The van der Waals surface area contributed by atoms with Crippen molar-refractivity contribution in [1.82, 2.24) is 0 Å². The van der Waals surface area contributed by atoms with E-state index in [-0.39, 0.29) is 4.90 Å². The van der Waals surface area contributed by atoms with Gasteiger partial charge in [-0.2, -0.15) is 0 Å². The second kappa shape index (κ2) is 5.40. The van der Waals surface area contributed by atoms with Gasteiger partial charge in [0.2, 0.25) is 0 Å². The van der Waals surface area contributed by atoms with Gasteiger partial charge in [-0.3, -0.25) is 4.72 Å². The summed E-state index contributed by atoms with van der Waals surface area (Å²) in [5.74, 6) is 0. The van der Waals surface area contributed by atoms with Crippen LogP contribution in [0.2, 0.25) is 5.02 Å². The zero-order valence-electron chi connectivity index (χ0n) is 9.60. The number of halogens is 2. The van der Waals surface area contributed by atoms with Crippen molar-refractivity contribution >= 4 is 48.9 Å². The van der Waals surface area contributed by atoms with Gasteiger partial charge in [-0.05, 0) is 36.4 Å². The van der Waals surface area contributed by atoms with E-state index in [0.29, 0.717) is 16.4 Å². The Morgan fingerprint density at radius 3 is 2.53 bits per heavy atom. The summed E-state index contributed by atoms with van der Waals surface area (Å²) in [4.78, 5) is 0.0893. The van der Waals surface area contributed by atoms with Crippen LogP contribution in [0.5, 0.6) is 0 Å². The van der Waals surface area contributed by atoms with Crippen LogP contribution < -0.4 is 10.5 Å². The first kappa shape index (κ1) is 14.2. The van der Waals surface area contributed by atoms with Crippen molar-refractivity contribution in [3.05, 3.63) is 52.0 Å². The summed E-state index contributed by atoms with van der Waals surface area (Å²) in [6, 6.07) is 10.9. The quantitative estimate of drug-likeness (QED) is 0.822. The monoisotopic (exact) mass is 360 g/mol. The number of benzene rings is 2. The molecule has 2 rings (SSSR count). The highest BCUT2D eigenvalue weighted by atomic mass is 79.9. The molecule has 100 valence electrons. The highest BCUT2D eigenvalue weighted by Crippen LogP contribution is 2.28. The molecular weight excluding hydrogens is 352 g/mol. The number of sulfonamides is 1. The molecule has 0 fully saturated rings. The number of anilines is 2. The third kappa shape index (κ3) is 3.40. The topological polar surface area (TPSA) is 72.2 Å². The Hall–Kier alpha value is -1.24. The number of nitrogens with one attached hydrogen (secondary N) is 1. The van der Waals surface area contributed by atoms with Gasteiger partial charge in [-0.1, -0.05) is 33.6 Å². The van der Waals surface area contributed by atoms with E-state index in [1.807, 2.05) is 0 Å². The standard InChI is InChI=1S/C12H10BrClN2O2S/c13-8-4-5-12(11(14)6-8)16-19(17,18)10-3-1-2-9(15)7-10/h1-7,16H,15H2. The minimum Gasteiger partial charge on any atom is -0.399 e. The predicted octanol–water partition coefficient (Wildman–Crippen LogP) is 3.49. The summed E-state index contributed by atoms with van der Waals surface area (Å²) in [5, 5.41) is 0.307. The van der Waals surface area contributed by atoms with Crippen molar-refractivity contribution < 1.29 is 8.42 Å². The first-order valence-electron chi connectivity index (χ1n) is 5.22.